The van der Waals surface area contributed by atoms with Gasteiger partial charge in [-0.2, -0.15) is 0 Å². The molecule has 1 aromatic carbocycles. The molecule has 0 aromatic heterocycles. The molecule has 3 heteroatoms. The predicted octanol–water partition coefficient (Wildman–Crippen LogP) is 2.44. The van der Waals surface area contributed by atoms with E-state index in [1.807, 2.05) is 18.2 Å². The van der Waals surface area contributed by atoms with E-state index in [-0.39, 0.29) is 17.8 Å². The van der Waals surface area contributed by atoms with Crippen molar-refractivity contribution in [2.75, 3.05) is 0 Å². The summed E-state index contributed by atoms with van der Waals surface area (Å²) in [5.41, 5.74) is 2.42. The van der Waals surface area contributed by atoms with E-state index in [9.17, 15) is 9.59 Å². The van der Waals surface area contributed by atoms with Crippen molar-refractivity contribution >= 4 is 11.9 Å². The molecule has 0 radical (unpaired) electrons. The first-order valence-corrected chi connectivity index (χ1v) is 5.93. The monoisotopic (exact) mass is 232 g/mol. The van der Waals surface area contributed by atoms with Crippen molar-refractivity contribution in [2.24, 2.45) is 5.92 Å². The van der Waals surface area contributed by atoms with Gasteiger partial charge in [-0.05, 0) is 29.9 Å². The summed E-state index contributed by atoms with van der Waals surface area (Å²) in [4.78, 5) is 22.7. The zero-order valence-electron chi connectivity index (χ0n) is 10.1. The van der Waals surface area contributed by atoms with Crippen LogP contribution in [0.5, 0.6) is 0 Å². The third-order valence-electron chi connectivity index (χ3n) is 3.37. The van der Waals surface area contributed by atoms with Crippen molar-refractivity contribution in [1.29, 1.82) is 0 Å². The normalized spacial score (nSPS) is 22.0. The van der Waals surface area contributed by atoms with Gasteiger partial charge in [0.15, 0.2) is 0 Å². The second-order valence-corrected chi connectivity index (χ2v) is 4.44. The Hall–Kier alpha value is -1.64. The number of carbonyl (C=O) groups excluding carboxylic acids is 2. The lowest BCUT2D eigenvalue weighted by atomic mass is 9.90. The number of esters is 2. The minimum Gasteiger partial charge on any atom is -0.393 e. The van der Waals surface area contributed by atoms with Crippen LogP contribution < -0.4 is 0 Å². The third kappa shape index (κ3) is 2.23. The van der Waals surface area contributed by atoms with Crippen LogP contribution >= 0.6 is 0 Å². The maximum absolute atomic E-state index is 11.9. The van der Waals surface area contributed by atoms with E-state index >= 15 is 0 Å². The summed E-state index contributed by atoms with van der Waals surface area (Å²) in [7, 11) is 0. The first kappa shape index (κ1) is 11.8. The Morgan fingerprint density at radius 3 is 2.71 bits per heavy atom. The second kappa shape index (κ2) is 4.70. The standard InChI is InChI=1S/C14H16O3/c1-3-11-12-7-5-4-6-10(12)8-13(11)14(16)17-9(2)15/h4-7,11,13H,3,8H2,1-2H3. The van der Waals surface area contributed by atoms with Crippen LogP contribution in [0.3, 0.4) is 0 Å². The Kier molecular flexibility index (Phi) is 3.27. The lowest BCUT2D eigenvalue weighted by Gasteiger charge is -2.16. The number of hydrogen-bond donors (Lipinski definition) is 0. The van der Waals surface area contributed by atoms with Crippen molar-refractivity contribution in [3.63, 3.8) is 0 Å². The summed E-state index contributed by atoms with van der Waals surface area (Å²) < 4.78 is 4.72. The maximum atomic E-state index is 11.9. The van der Waals surface area contributed by atoms with E-state index in [4.69, 9.17) is 4.74 Å². The molecule has 0 saturated carbocycles. The molecule has 0 saturated heterocycles. The Balaban J connectivity index is 2.23. The third-order valence-corrected chi connectivity index (χ3v) is 3.37. The van der Waals surface area contributed by atoms with E-state index in [0.717, 1.165) is 6.42 Å². The lowest BCUT2D eigenvalue weighted by Crippen LogP contribution is -2.23. The van der Waals surface area contributed by atoms with Crippen molar-refractivity contribution in [3.8, 4) is 0 Å². The topological polar surface area (TPSA) is 43.4 Å². The van der Waals surface area contributed by atoms with Crippen molar-refractivity contribution in [2.45, 2.75) is 32.6 Å². The molecule has 1 aliphatic carbocycles. The molecule has 1 aromatic rings. The van der Waals surface area contributed by atoms with Crippen LogP contribution in [-0.4, -0.2) is 11.9 Å². The van der Waals surface area contributed by atoms with Gasteiger partial charge >= 0.3 is 11.9 Å². The molecule has 0 aliphatic heterocycles. The van der Waals surface area contributed by atoms with Gasteiger partial charge < -0.3 is 4.74 Å². The van der Waals surface area contributed by atoms with E-state index in [1.54, 1.807) is 0 Å². The Morgan fingerprint density at radius 2 is 2.06 bits per heavy atom. The fourth-order valence-electron chi connectivity index (χ4n) is 2.65. The first-order chi connectivity index (χ1) is 8.13. The largest absolute Gasteiger partial charge is 0.393 e. The smallest absolute Gasteiger partial charge is 0.317 e. The first-order valence-electron chi connectivity index (χ1n) is 5.93. The number of ether oxygens (including phenoxy) is 1. The summed E-state index contributed by atoms with van der Waals surface area (Å²) in [6.07, 6.45) is 1.56. The number of fused-ring (bicyclic) bond motifs is 1. The van der Waals surface area contributed by atoms with Gasteiger partial charge in [0.2, 0.25) is 0 Å². The Bertz CT molecular complexity index is 451. The van der Waals surface area contributed by atoms with Gasteiger partial charge in [0, 0.05) is 6.92 Å². The van der Waals surface area contributed by atoms with E-state index in [0.29, 0.717) is 6.42 Å². The van der Waals surface area contributed by atoms with Gasteiger partial charge in [-0.3, -0.25) is 9.59 Å². The van der Waals surface area contributed by atoms with Gasteiger partial charge in [-0.25, -0.2) is 0 Å². The average molecular weight is 232 g/mol. The quantitative estimate of drug-likeness (QED) is 0.581. The summed E-state index contributed by atoms with van der Waals surface area (Å²) in [5.74, 6) is -0.944. The van der Waals surface area contributed by atoms with Crippen LogP contribution in [0, 0.1) is 5.92 Å². The van der Waals surface area contributed by atoms with E-state index in [1.165, 1.54) is 18.1 Å². The summed E-state index contributed by atoms with van der Waals surface area (Å²) in [5, 5.41) is 0. The molecule has 2 unspecified atom stereocenters. The minimum atomic E-state index is -0.527. The molecule has 3 nitrogen and oxygen atoms in total. The zero-order chi connectivity index (χ0) is 12.4. The lowest BCUT2D eigenvalue weighted by molar-refractivity contribution is -0.161. The highest BCUT2D eigenvalue weighted by atomic mass is 16.6. The fraction of sp³-hybridized carbons (Fsp3) is 0.429. The van der Waals surface area contributed by atoms with Crippen molar-refractivity contribution in [1.82, 2.24) is 0 Å². The van der Waals surface area contributed by atoms with Crippen LogP contribution in [0.2, 0.25) is 0 Å². The van der Waals surface area contributed by atoms with Gasteiger partial charge in [-0.15, -0.1) is 0 Å². The van der Waals surface area contributed by atoms with Crippen LogP contribution in [0.25, 0.3) is 0 Å². The Morgan fingerprint density at radius 1 is 1.35 bits per heavy atom. The Labute approximate surface area is 101 Å². The summed E-state index contributed by atoms with van der Waals surface area (Å²) in [6, 6.07) is 8.06. The molecular weight excluding hydrogens is 216 g/mol. The molecular formula is C14H16O3. The average Bonchev–Trinajstić information content (AvgIpc) is 2.66. The van der Waals surface area contributed by atoms with E-state index < -0.39 is 5.97 Å². The van der Waals surface area contributed by atoms with Crippen molar-refractivity contribution < 1.29 is 14.3 Å². The van der Waals surface area contributed by atoms with Gasteiger partial charge in [0.1, 0.15) is 0 Å². The maximum Gasteiger partial charge on any atom is 0.317 e. The second-order valence-electron chi connectivity index (χ2n) is 4.44. The van der Waals surface area contributed by atoms with Crippen LogP contribution in [-0.2, 0) is 20.7 Å². The number of rotatable bonds is 2. The highest BCUT2D eigenvalue weighted by Gasteiger charge is 2.37. The van der Waals surface area contributed by atoms with Crippen LogP contribution in [0.1, 0.15) is 37.3 Å². The molecule has 0 heterocycles. The predicted molar refractivity (Wildman–Crippen MR) is 63.4 cm³/mol. The fourth-order valence-corrected chi connectivity index (χ4v) is 2.65. The molecule has 0 amide bonds. The molecule has 17 heavy (non-hydrogen) atoms. The van der Waals surface area contributed by atoms with Crippen LogP contribution in [0.4, 0.5) is 0 Å². The molecule has 90 valence electrons. The minimum absolute atomic E-state index is 0.179. The van der Waals surface area contributed by atoms with Gasteiger partial charge in [0.25, 0.3) is 0 Å². The van der Waals surface area contributed by atoms with Crippen molar-refractivity contribution in [3.05, 3.63) is 35.4 Å². The molecule has 2 rings (SSSR count). The SMILES string of the molecule is CCC1c2ccccc2CC1C(=O)OC(C)=O. The number of benzene rings is 1. The summed E-state index contributed by atoms with van der Waals surface area (Å²) in [6.45, 7) is 3.32. The molecule has 1 aliphatic rings. The van der Waals surface area contributed by atoms with E-state index in [2.05, 4.69) is 13.0 Å². The van der Waals surface area contributed by atoms with Gasteiger partial charge in [-0.1, -0.05) is 31.2 Å². The van der Waals surface area contributed by atoms with Crippen LogP contribution in [0.15, 0.2) is 24.3 Å². The number of carbonyl (C=O) groups is 2. The highest BCUT2D eigenvalue weighted by Crippen LogP contribution is 2.40. The summed E-state index contributed by atoms with van der Waals surface area (Å²) >= 11 is 0. The highest BCUT2D eigenvalue weighted by molar-refractivity contribution is 5.86. The molecule has 0 bridgehead atoms. The number of hydrogen-bond acceptors (Lipinski definition) is 3. The molecule has 0 spiro atoms. The van der Waals surface area contributed by atoms with Gasteiger partial charge in [0.05, 0.1) is 5.92 Å². The molecule has 0 N–H and O–H groups in total. The molecule has 0 fully saturated rings. The zero-order valence-corrected chi connectivity index (χ0v) is 10.1. The molecule has 2 atom stereocenters.